The molecule has 0 radical (unpaired) electrons. The average Bonchev–Trinajstić information content (AvgIpc) is 2.89. The molecule has 1 amide bonds. The van der Waals surface area contributed by atoms with Crippen LogP contribution in [0.5, 0.6) is 0 Å². The summed E-state index contributed by atoms with van der Waals surface area (Å²) in [6.45, 7) is 2.07. The molecule has 0 spiro atoms. The molecule has 1 fully saturated rings. The van der Waals surface area contributed by atoms with Crippen LogP contribution in [0, 0.1) is 11.8 Å². The summed E-state index contributed by atoms with van der Waals surface area (Å²) in [5.74, 6) is 5.79. The van der Waals surface area contributed by atoms with Crippen molar-refractivity contribution in [1.82, 2.24) is 5.43 Å². The summed E-state index contributed by atoms with van der Waals surface area (Å²) in [6, 6.07) is 8.08. The lowest BCUT2D eigenvalue weighted by Gasteiger charge is -2.00. The first-order chi connectivity index (χ1) is 7.15. The third kappa shape index (κ3) is 1.92. The molecule has 3 unspecified atom stereocenters. The Hall–Kier alpha value is -0.870. The standard InChI is InChI=1S/C11H13BrN2O/c1-6-9(10(6)11(15)14-13)7-3-2-4-8(12)5-7/h2-6,9-10H,13H2,1H3,(H,14,15). The molecule has 0 heterocycles. The van der Waals surface area contributed by atoms with E-state index in [1.165, 1.54) is 5.56 Å². The lowest BCUT2D eigenvalue weighted by molar-refractivity contribution is -0.122. The van der Waals surface area contributed by atoms with Crippen LogP contribution in [-0.4, -0.2) is 5.91 Å². The van der Waals surface area contributed by atoms with Gasteiger partial charge in [0.05, 0.1) is 0 Å². The summed E-state index contributed by atoms with van der Waals surface area (Å²) in [5, 5.41) is 0. The quantitative estimate of drug-likeness (QED) is 0.488. The van der Waals surface area contributed by atoms with Crippen LogP contribution in [0.1, 0.15) is 18.4 Å². The summed E-state index contributed by atoms with van der Waals surface area (Å²) in [5.41, 5.74) is 3.42. The number of amides is 1. The Bertz CT molecular complexity index is 394. The Labute approximate surface area is 97.1 Å². The number of benzene rings is 1. The summed E-state index contributed by atoms with van der Waals surface area (Å²) < 4.78 is 1.05. The SMILES string of the molecule is CC1C(C(=O)NN)C1c1cccc(Br)c1. The number of halogens is 1. The number of nitrogens with one attached hydrogen (secondary N) is 1. The minimum Gasteiger partial charge on any atom is -0.294 e. The van der Waals surface area contributed by atoms with Gasteiger partial charge in [-0.25, -0.2) is 5.84 Å². The van der Waals surface area contributed by atoms with Crippen LogP contribution in [0.3, 0.4) is 0 Å². The van der Waals surface area contributed by atoms with E-state index in [0.29, 0.717) is 11.8 Å². The summed E-state index contributed by atoms with van der Waals surface area (Å²) >= 11 is 3.43. The number of hydrogen-bond acceptors (Lipinski definition) is 2. The second-order valence-corrected chi connectivity index (χ2v) is 4.89. The van der Waals surface area contributed by atoms with Crippen molar-refractivity contribution in [3.8, 4) is 0 Å². The van der Waals surface area contributed by atoms with Gasteiger partial charge in [-0.15, -0.1) is 0 Å². The normalized spacial score (nSPS) is 28.6. The number of carbonyl (C=O) groups is 1. The van der Waals surface area contributed by atoms with E-state index in [1.54, 1.807) is 0 Å². The van der Waals surface area contributed by atoms with E-state index in [0.717, 1.165) is 4.47 Å². The highest BCUT2D eigenvalue weighted by Gasteiger charge is 2.52. The van der Waals surface area contributed by atoms with E-state index in [2.05, 4.69) is 40.4 Å². The van der Waals surface area contributed by atoms with E-state index in [-0.39, 0.29) is 11.8 Å². The van der Waals surface area contributed by atoms with Crippen molar-refractivity contribution in [3.05, 3.63) is 34.3 Å². The molecule has 3 N–H and O–H groups in total. The molecule has 1 aliphatic carbocycles. The van der Waals surface area contributed by atoms with E-state index in [9.17, 15) is 4.79 Å². The molecule has 0 aromatic heterocycles. The van der Waals surface area contributed by atoms with Crippen LogP contribution in [0.4, 0.5) is 0 Å². The molecule has 1 aromatic carbocycles. The maximum Gasteiger partial charge on any atom is 0.237 e. The molecule has 15 heavy (non-hydrogen) atoms. The van der Waals surface area contributed by atoms with Gasteiger partial charge in [-0.05, 0) is 29.5 Å². The Balaban J connectivity index is 2.18. The first kappa shape index (κ1) is 10.6. The number of rotatable bonds is 2. The van der Waals surface area contributed by atoms with E-state index in [4.69, 9.17) is 5.84 Å². The van der Waals surface area contributed by atoms with Gasteiger partial charge in [-0.1, -0.05) is 35.0 Å². The second-order valence-electron chi connectivity index (χ2n) is 3.97. The van der Waals surface area contributed by atoms with Crippen LogP contribution in [-0.2, 0) is 4.79 Å². The van der Waals surface area contributed by atoms with Gasteiger partial charge in [0.15, 0.2) is 0 Å². The molecule has 1 saturated carbocycles. The highest BCUT2D eigenvalue weighted by atomic mass is 79.9. The molecule has 0 aliphatic heterocycles. The molecule has 0 bridgehead atoms. The largest absolute Gasteiger partial charge is 0.294 e. The third-order valence-corrected chi connectivity index (χ3v) is 3.55. The van der Waals surface area contributed by atoms with Crippen molar-refractivity contribution in [2.45, 2.75) is 12.8 Å². The zero-order valence-electron chi connectivity index (χ0n) is 8.41. The molecule has 2 rings (SSSR count). The topological polar surface area (TPSA) is 55.1 Å². The Kier molecular flexibility index (Phi) is 2.80. The predicted molar refractivity (Wildman–Crippen MR) is 61.9 cm³/mol. The smallest absolute Gasteiger partial charge is 0.237 e. The fraction of sp³-hybridized carbons (Fsp3) is 0.364. The van der Waals surface area contributed by atoms with Crippen molar-refractivity contribution in [2.75, 3.05) is 0 Å². The van der Waals surface area contributed by atoms with E-state index in [1.807, 2.05) is 12.1 Å². The summed E-state index contributed by atoms with van der Waals surface area (Å²) in [7, 11) is 0. The van der Waals surface area contributed by atoms with Gasteiger partial charge in [0.2, 0.25) is 5.91 Å². The van der Waals surface area contributed by atoms with Crippen LogP contribution >= 0.6 is 15.9 Å². The highest BCUT2D eigenvalue weighted by molar-refractivity contribution is 9.10. The Morgan fingerprint density at radius 2 is 2.27 bits per heavy atom. The van der Waals surface area contributed by atoms with E-state index >= 15 is 0 Å². The fourth-order valence-electron chi connectivity index (χ4n) is 2.19. The Morgan fingerprint density at radius 1 is 1.53 bits per heavy atom. The van der Waals surface area contributed by atoms with Crippen molar-refractivity contribution >= 4 is 21.8 Å². The monoisotopic (exact) mass is 268 g/mol. The van der Waals surface area contributed by atoms with Gasteiger partial charge in [0.1, 0.15) is 0 Å². The van der Waals surface area contributed by atoms with Gasteiger partial charge >= 0.3 is 0 Å². The highest BCUT2D eigenvalue weighted by Crippen LogP contribution is 2.53. The van der Waals surface area contributed by atoms with Crippen molar-refractivity contribution < 1.29 is 4.79 Å². The van der Waals surface area contributed by atoms with Crippen LogP contribution in [0.15, 0.2) is 28.7 Å². The van der Waals surface area contributed by atoms with Gasteiger partial charge in [0.25, 0.3) is 0 Å². The number of hydrogen-bond donors (Lipinski definition) is 2. The van der Waals surface area contributed by atoms with Gasteiger partial charge in [-0.2, -0.15) is 0 Å². The minimum atomic E-state index is -0.0625. The molecule has 0 saturated heterocycles. The maximum absolute atomic E-state index is 11.4. The van der Waals surface area contributed by atoms with Gasteiger partial charge < -0.3 is 0 Å². The maximum atomic E-state index is 11.4. The molecule has 3 nitrogen and oxygen atoms in total. The van der Waals surface area contributed by atoms with E-state index < -0.39 is 0 Å². The number of nitrogens with two attached hydrogens (primary N) is 1. The predicted octanol–water partition coefficient (Wildman–Crippen LogP) is 1.79. The second kappa shape index (κ2) is 3.94. The molecule has 3 atom stereocenters. The lowest BCUT2D eigenvalue weighted by Crippen LogP contribution is -2.32. The lowest BCUT2D eigenvalue weighted by atomic mass is 10.1. The minimum absolute atomic E-state index is 0.0318. The molecule has 1 aliphatic rings. The zero-order chi connectivity index (χ0) is 11.0. The van der Waals surface area contributed by atoms with Crippen molar-refractivity contribution in [2.24, 2.45) is 17.7 Å². The van der Waals surface area contributed by atoms with Crippen molar-refractivity contribution in [3.63, 3.8) is 0 Å². The number of hydrazine groups is 1. The first-order valence-electron chi connectivity index (χ1n) is 4.91. The molecule has 4 heteroatoms. The first-order valence-corrected chi connectivity index (χ1v) is 5.70. The van der Waals surface area contributed by atoms with Crippen LogP contribution in [0.2, 0.25) is 0 Å². The summed E-state index contributed by atoms with van der Waals surface area (Å²) in [4.78, 5) is 11.4. The zero-order valence-corrected chi connectivity index (χ0v) is 9.99. The van der Waals surface area contributed by atoms with Crippen molar-refractivity contribution in [1.29, 1.82) is 0 Å². The summed E-state index contributed by atoms with van der Waals surface area (Å²) in [6.07, 6.45) is 0. The number of carbonyl (C=O) groups excluding carboxylic acids is 1. The average molecular weight is 269 g/mol. The van der Waals surface area contributed by atoms with Crippen LogP contribution < -0.4 is 11.3 Å². The van der Waals surface area contributed by atoms with Gasteiger partial charge in [-0.3, -0.25) is 10.2 Å². The fourth-order valence-corrected chi connectivity index (χ4v) is 2.60. The van der Waals surface area contributed by atoms with Gasteiger partial charge in [0, 0.05) is 10.4 Å². The molecule has 80 valence electrons. The molecule has 1 aromatic rings. The third-order valence-electron chi connectivity index (χ3n) is 3.06. The molecular formula is C11H13BrN2O. The Morgan fingerprint density at radius 3 is 2.87 bits per heavy atom. The van der Waals surface area contributed by atoms with Crippen LogP contribution in [0.25, 0.3) is 0 Å². The molecular weight excluding hydrogens is 256 g/mol.